The third kappa shape index (κ3) is 3.44. The zero-order valence-corrected chi connectivity index (χ0v) is 11.2. The van der Waals surface area contributed by atoms with Crippen molar-refractivity contribution in [2.45, 2.75) is 51.2 Å². The zero-order valence-electron chi connectivity index (χ0n) is 11.2. The number of hydrogen-bond acceptors (Lipinski definition) is 3. The first-order chi connectivity index (χ1) is 9.02. The highest BCUT2D eigenvalue weighted by atomic mass is 16.3. The molecule has 1 amide bonds. The van der Waals surface area contributed by atoms with Crippen LogP contribution in [0.4, 0.5) is 5.69 Å². The van der Waals surface area contributed by atoms with Crippen LogP contribution in [-0.4, -0.2) is 21.2 Å². The maximum Gasteiger partial charge on any atom is 0.227 e. The summed E-state index contributed by atoms with van der Waals surface area (Å²) < 4.78 is 1.82. The number of carbonyl (C=O) groups is 1. The molecule has 0 radical (unpaired) electrons. The quantitative estimate of drug-likeness (QED) is 0.865. The molecule has 19 heavy (non-hydrogen) atoms. The second-order valence-electron chi connectivity index (χ2n) is 5.21. The fourth-order valence-electron chi connectivity index (χ4n) is 2.52. The third-order valence-corrected chi connectivity index (χ3v) is 3.64. The molecule has 2 N–H and O–H groups in total. The summed E-state index contributed by atoms with van der Waals surface area (Å²) in [5.74, 6) is -0.296. The van der Waals surface area contributed by atoms with E-state index < -0.39 is 5.60 Å². The maximum atomic E-state index is 11.9. The lowest BCUT2D eigenvalue weighted by atomic mass is 9.98. The number of rotatable bonds is 4. The second kappa shape index (κ2) is 5.57. The van der Waals surface area contributed by atoms with Crippen molar-refractivity contribution < 1.29 is 9.90 Å². The Labute approximate surface area is 112 Å². The molecule has 1 saturated carbocycles. The van der Waals surface area contributed by atoms with Gasteiger partial charge in [0.05, 0.1) is 12.0 Å². The molecule has 104 valence electrons. The van der Waals surface area contributed by atoms with Crippen LogP contribution in [0, 0.1) is 0 Å². The van der Waals surface area contributed by atoms with Gasteiger partial charge in [-0.05, 0) is 19.8 Å². The van der Waals surface area contributed by atoms with Gasteiger partial charge in [-0.2, -0.15) is 0 Å². The first-order valence-corrected chi connectivity index (χ1v) is 6.75. The predicted molar refractivity (Wildman–Crippen MR) is 73.0 cm³/mol. The highest BCUT2D eigenvalue weighted by Crippen LogP contribution is 2.32. The Hall–Kier alpha value is -1.62. The van der Waals surface area contributed by atoms with Crippen LogP contribution < -0.4 is 10.7 Å². The summed E-state index contributed by atoms with van der Waals surface area (Å²) in [5.41, 5.74) is -0.824. The lowest BCUT2D eigenvalue weighted by Crippen LogP contribution is -2.31. The van der Waals surface area contributed by atoms with Crippen LogP contribution in [-0.2, 0) is 11.3 Å². The molecule has 1 aliphatic carbocycles. The summed E-state index contributed by atoms with van der Waals surface area (Å²) in [5, 5.41) is 12.8. The number of aliphatic hydroxyl groups is 1. The van der Waals surface area contributed by atoms with E-state index in [9.17, 15) is 14.7 Å². The molecule has 0 saturated heterocycles. The van der Waals surface area contributed by atoms with Gasteiger partial charge in [0.2, 0.25) is 11.3 Å². The van der Waals surface area contributed by atoms with E-state index >= 15 is 0 Å². The van der Waals surface area contributed by atoms with E-state index in [1.165, 1.54) is 6.07 Å². The fourth-order valence-corrected chi connectivity index (χ4v) is 2.52. The summed E-state index contributed by atoms with van der Waals surface area (Å²) in [4.78, 5) is 23.6. The molecule has 1 aliphatic rings. The van der Waals surface area contributed by atoms with Gasteiger partial charge >= 0.3 is 0 Å². The number of aromatic nitrogens is 1. The first-order valence-electron chi connectivity index (χ1n) is 6.75. The van der Waals surface area contributed by atoms with Crippen molar-refractivity contribution in [3.05, 3.63) is 28.7 Å². The summed E-state index contributed by atoms with van der Waals surface area (Å²) in [6.45, 7) is 2.68. The zero-order chi connectivity index (χ0) is 13.9. The van der Waals surface area contributed by atoms with E-state index in [4.69, 9.17) is 0 Å². The Balaban J connectivity index is 2.04. The molecule has 0 aromatic carbocycles. The molecule has 1 aromatic heterocycles. The second-order valence-corrected chi connectivity index (χ2v) is 5.21. The highest BCUT2D eigenvalue weighted by Gasteiger charge is 2.33. The van der Waals surface area contributed by atoms with E-state index in [0.29, 0.717) is 12.8 Å². The largest absolute Gasteiger partial charge is 0.389 e. The van der Waals surface area contributed by atoms with Gasteiger partial charge in [-0.15, -0.1) is 0 Å². The standard InChI is InChI=1S/C14H20N2O3/c1-2-16-8-5-12(17)11(10-16)15-13(18)9-14(19)6-3-4-7-14/h5,8,10,19H,2-4,6-7,9H2,1H3,(H,15,18). The van der Waals surface area contributed by atoms with E-state index in [1.54, 1.807) is 12.4 Å². The molecule has 1 heterocycles. The number of pyridine rings is 1. The molecule has 0 aliphatic heterocycles. The molecular formula is C14H20N2O3. The topological polar surface area (TPSA) is 71.3 Å². The summed E-state index contributed by atoms with van der Waals surface area (Å²) in [6.07, 6.45) is 6.60. The van der Waals surface area contributed by atoms with E-state index in [2.05, 4.69) is 5.32 Å². The van der Waals surface area contributed by atoms with Crippen molar-refractivity contribution in [1.82, 2.24) is 4.57 Å². The highest BCUT2D eigenvalue weighted by molar-refractivity contribution is 5.91. The number of carbonyl (C=O) groups excluding carboxylic acids is 1. The SMILES string of the molecule is CCn1ccc(=O)c(NC(=O)CC2(O)CCCC2)c1. The van der Waals surface area contributed by atoms with Crippen molar-refractivity contribution >= 4 is 11.6 Å². The molecule has 0 atom stereocenters. The van der Waals surface area contributed by atoms with Crippen LogP contribution in [0.3, 0.4) is 0 Å². The van der Waals surface area contributed by atoms with Gasteiger partial charge in [-0.1, -0.05) is 12.8 Å². The Bertz CT molecular complexity index is 516. The summed E-state index contributed by atoms with van der Waals surface area (Å²) in [6, 6.07) is 1.43. The molecule has 1 fully saturated rings. The Morgan fingerprint density at radius 2 is 2.16 bits per heavy atom. The molecule has 5 nitrogen and oxygen atoms in total. The average Bonchev–Trinajstić information content (AvgIpc) is 2.78. The monoisotopic (exact) mass is 264 g/mol. The van der Waals surface area contributed by atoms with Crippen LogP contribution in [0.2, 0.25) is 0 Å². The number of aryl methyl sites for hydroxylation is 1. The molecule has 0 bridgehead atoms. The Morgan fingerprint density at radius 3 is 2.79 bits per heavy atom. The van der Waals surface area contributed by atoms with Gasteiger partial charge in [0.1, 0.15) is 5.69 Å². The first kappa shape index (κ1) is 13.8. The van der Waals surface area contributed by atoms with Gasteiger partial charge in [-0.25, -0.2) is 0 Å². The van der Waals surface area contributed by atoms with Gasteiger partial charge in [0.25, 0.3) is 0 Å². The number of nitrogens with zero attached hydrogens (tertiary/aromatic N) is 1. The molecule has 0 unspecified atom stereocenters. The fraction of sp³-hybridized carbons (Fsp3) is 0.571. The number of anilines is 1. The molecule has 0 spiro atoms. The summed E-state index contributed by atoms with van der Waals surface area (Å²) >= 11 is 0. The van der Waals surface area contributed by atoms with Crippen molar-refractivity contribution in [3.63, 3.8) is 0 Å². The number of hydrogen-bond donors (Lipinski definition) is 2. The van der Waals surface area contributed by atoms with Crippen LogP contribution >= 0.6 is 0 Å². The average molecular weight is 264 g/mol. The van der Waals surface area contributed by atoms with Crippen molar-refractivity contribution in [2.24, 2.45) is 0 Å². The lowest BCUT2D eigenvalue weighted by Gasteiger charge is -2.21. The number of amides is 1. The van der Waals surface area contributed by atoms with Gasteiger partial charge in [0, 0.05) is 25.0 Å². The molecule has 5 heteroatoms. The van der Waals surface area contributed by atoms with Crippen molar-refractivity contribution in [3.8, 4) is 0 Å². The van der Waals surface area contributed by atoms with Crippen molar-refractivity contribution in [1.29, 1.82) is 0 Å². The Kier molecular flexibility index (Phi) is 4.04. The third-order valence-electron chi connectivity index (χ3n) is 3.64. The molecular weight excluding hydrogens is 244 g/mol. The lowest BCUT2D eigenvalue weighted by molar-refractivity contribution is -0.120. The Morgan fingerprint density at radius 1 is 1.47 bits per heavy atom. The van der Waals surface area contributed by atoms with Crippen LogP contribution in [0.25, 0.3) is 0 Å². The minimum Gasteiger partial charge on any atom is -0.389 e. The van der Waals surface area contributed by atoms with Crippen LogP contribution in [0.5, 0.6) is 0 Å². The summed E-state index contributed by atoms with van der Waals surface area (Å²) in [7, 11) is 0. The van der Waals surface area contributed by atoms with Gasteiger partial charge < -0.3 is 15.0 Å². The molecule has 2 rings (SSSR count). The molecule has 1 aromatic rings. The minimum absolute atomic E-state index is 0.0630. The smallest absolute Gasteiger partial charge is 0.227 e. The van der Waals surface area contributed by atoms with Crippen LogP contribution in [0.1, 0.15) is 39.0 Å². The minimum atomic E-state index is -0.886. The van der Waals surface area contributed by atoms with E-state index in [0.717, 1.165) is 19.4 Å². The maximum absolute atomic E-state index is 11.9. The van der Waals surface area contributed by atoms with E-state index in [1.807, 2.05) is 11.5 Å². The number of nitrogens with one attached hydrogen (secondary N) is 1. The van der Waals surface area contributed by atoms with Crippen LogP contribution in [0.15, 0.2) is 23.3 Å². The normalized spacial score (nSPS) is 17.4. The van der Waals surface area contributed by atoms with E-state index in [-0.39, 0.29) is 23.4 Å². The van der Waals surface area contributed by atoms with Crippen molar-refractivity contribution in [2.75, 3.05) is 5.32 Å². The predicted octanol–water partition coefficient (Wildman–Crippen LogP) is 1.50. The van der Waals surface area contributed by atoms with Gasteiger partial charge in [-0.3, -0.25) is 9.59 Å². The van der Waals surface area contributed by atoms with Gasteiger partial charge in [0.15, 0.2) is 0 Å².